The number of rotatable bonds is 8. The summed E-state index contributed by atoms with van der Waals surface area (Å²) in [5.41, 5.74) is 3.10. The summed E-state index contributed by atoms with van der Waals surface area (Å²) in [4.78, 5) is 12.8. The maximum absolute atomic E-state index is 13.5. The highest BCUT2D eigenvalue weighted by atomic mass is 79.9. The molecular weight excluding hydrogens is 562 g/mol. The molecule has 0 aromatic heterocycles. The third kappa shape index (κ3) is 5.53. The molecule has 0 atom stereocenters. The molecule has 0 saturated carbocycles. The van der Waals surface area contributed by atoms with Gasteiger partial charge in [0.2, 0.25) is 6.79 Å². The number of hydrogen-bond acceptors (Lipinski definition) is 7. The van der Waals surface area contributed by atoms with E-state index in [9.17, 15) is 13.2 Å². The van der Waals surface area contributed by atoms with Crippen LogP contribution < -0.4 is 23.9 Å². The Kier molecular flexibility index (Phi) is 7.48. The number of sulfonamides is 1. The molecule has 3 aromatic carbocycles. The van der Waals surface area contributed by atoms with Crippen molar-refractivity contribution in [1.29, 1.82) is 0 Å². The van der Waals surface area contributed by atoms with Gasteiger partial charge >= 0.3 is 0 Å². The van der Waals surface area contributed by atoms with Crippen molar-refractivity contribution >= 4 is 55.4 Å². The van der Waals surface area contributed by atoms with Gasteiger partial charge in [-0.05, 0) is 58.4 Å². The first-order valence-electron chi connectivity index (χ1n) is 10.1. The predicted molar refractivity (Wildman–Crippen MR) is 135 cm³/mol. The van der Waals surface area contributed by atoms with Gasteiger partial charge in [-0.3, -0.25) is 9.10 Å². The molecule has 3 aromatic rings. The lowest BCUT2D eigenvalue weighted by Gasteiger charge is -2.25. The number of amides is 1. The molecule has 9 nitrogen and oxygen atoms in total. The molecule has 0 fully saturated rings. The van der Waals surface area contributed by atoms with E-state index in [4.69, 9.17) is 25.8 Å². The lowest BCUT2D eigenvalue weighted by molar-refractivity contribution is -0.119. The van der Waals surface area contributed by atoms with E-state index >= 15 is 0 Å². The Morgan fingerprint density at radius 2 is 1.89 bits per heavy atom. The van der Waals surface area contributed by atoms with Gasteiger partial charge in [0.1, 0.15) is 12.3 Å². The summed E-state index contributed by atoms with van der Waals surface area (Å²) in [7, 11) is -2.75. The number of ether oxygens (including phenoxy) is 3. The smallest absolute Gasteiger partial charge is 0.264 e. The van der Waals surface area contributed by atoms with E-state index in [1.165, 1.54) is 37.6 Å². The van der Waals surface area contributed by atoms with Gasteiger partial charge in [0.15, 0.2) is 11.5 Å². The topological polar surface area (TPSA) is 107 Å². The molecule has 1 amide bonds. The van der Waals surface area contributed by atoms with Crippen molar-refractivity contribution in [1.82, 2.24) is 5.43 Å². The first-order chi connectivity index (χ1) is 16.8. The predicted octanol–water partition coefficient (Wildman–Crippen LogP) is 4.19. The number of carbonyl (C=O) groups is 1. The molecule has 35 heavy (non-hydrogen) atoms. The van der Waals surface area contributed by atoms with E-state index in [1.807, 2.05) is 0 Å². The minimum absolute atomic E-state index is 0.00243. The largest absolute Gasteiger partial charge is 0.495 e. The van der Waals surface area contributed by atoms with Gasteiger partial charge in [0.05, 0.1) is 23.9 Å². The van der Waals surface area contributed by atoms with Crippen LogP contribution in [0, 0.1) is 0 Å². The zero-order valence-corrected chi connectivity index (χ0v) is 21.4. The Morgan fingerprint density at radius 1 is 1.17 bits per heavy atom. The number of hydrazone groups is 1. The standard InChI is InChI=1S/C23H19BrClN3O6S/c1-32-20-8-7-16(25)10-19(20)28(35(30,31)17-5-3-2-4-6-17)13-23(29)27-26-12-15-9-21-22(11-18(15)24)34-14-33-21/h2-12H,13-14H2,1H3,(H,27,29)/b26-12-. The fourth-order valence-electron chi connectivity index (χ4n) is 3.25. The van der Waals surface area contributed by atoms with E-state index in [0.29, 0.717) is 21.5 Å². The van der Waals surface area contributed by atoms with Crippen LogP contribution in [0.15, 0.2) is 75.1 Å². The van der Waals surface area contributed by atoms with Crippen LogP contribution in [-0.4, -0.2) is 41.0 Å². The molecule has 1 aliphatic rings. The van der Waals surface area contributed by atoms with Crippen LogP contribution in [0.1, 0.15) is 5.56 Å². The lowest BCUT2D eigenvalue weighted by Crippen LogP contribution is -2.39. The third-order valence-corrected chi connectivity index (χ3v) is 7.61. The van der Waals surface area contributed by atoms with Crippen LogP contribution in [-0.2, 0) is 14.8 Å². The highest BCUT2D eigenvalue weighted by molar-refractivity contribution is 9.10. The SMILES string of the molecule is COc1ccc(Cl)cc1N(CC(=O)N/N=C\c1cc2c(cc1Br)OCO2)S(=O)(=O)c1ccccc1. The van der Waals surface area contributed by atoms with Crippen LogP contribution in [0.25, 0.3) is 0 Å². The van der Waals surface area contributed by atoms with Gasteiger partial charge in [-0.25, -0.2) is 13.8 Å². The van der Waals surface area contributed by atoms with Crippen LogP contribution in [0.4, 0.5) is 5.69 Å². The minimum atomic E-state index is -4.15. The van der Waals surface area contributed by atoms with Crippen molar-refractivity contribution in [2.45, 2.75) is 4.90 Å². The van der Waals surface area contributed by atoms with Gasteiger partial charge in [-0.15, -0.1) is 0 Å². The fraction of sp³-hybridized carbons (Fsp3) is 0.130. The first kappa shape index (κ1) is 24.8. The maximum atomic E-state index is 13.5. The van der Waals surface area contributed by atoms with Gasteiger partial charge in [-0.2, -0.15) is 5.10 Å². The molecule has 4 rings (SSSR count). The van der Waals surface area contributed by atoms with E-state index in [0.717, 1.165) is 4.31 Å². The van der Waals surface area contributed by atoms with Gasteiger partial charge in [0, 0.05) is 15.1 Å². The van der Waals surface area contributed by atoms with Crippen molar-refractivity contribution < 1.29 is 27.4 Å². The van der Waals surface area contributed by atoms with Crippen molar-refractivity contribution in [3.63, 3.8) is 0 Å². The number of halogens is 2. The Hall–Kier alpha value is -3.28. The third-order valence-electron chi connectivity index (χ3n) is 4.91. The van der Waals surface area contributed by atoms with E-state index in [1.54, 1.807) is 36.4 Å². The first-order valence-corrected chi connectivity index (χ1v) is 12.7. The Bertz CT molecular complexity index is 1390. The average Bonchev–Trinajstić information content (AvgIpc) is 3.30. The summed E-state index contributed by atoms with van der Waals surface area (Å²) < 4.78 is 44.5. The summed E-state index contributed by atoms with van der Waals surface area (Å²) in [6.07, 6.45) is 1.40. The summed E-state index contributed by atoms with van der Waals surface area (Å²) in [5.74, 6) is 0.693. The normalized spacial score (nSPS) is 12.5. The number of carbonyl (C=O) groups excluding carboxylic acids is 1. The number of fused-ring (bicyclic) bond motifs is 1. The molecule has 1 aliphatic heterocycles. The monoisotopic (exact) mass is 579 g/mol. The van der Waals surface area contributed by atoms with E-state index < -0.39 is 22.5 Å². The number of nitrogens with one attached hydrogen (secondary N) is 1. The summed E-state index contributed by atoms with van der Waals surface area (Å²) >= 11 is 9.54. The van der Waals surface area contributed by atoms with Crippen LogP contribution in [0.2, 0.25) is 5.02 Å². The Balaban J connectivity index is 1.60. The molecule has 12 heteroatoms. The zero-order chi connectivity index (χ0) is 25.0. The molecule has 0 unspecified atom stereocenters. The van der Waals surface area contributed by atoms with E-state index in [-0.39, 0.29) is 28.1 Å². The Morgan fingerprint density at radius 3 is 2.60 bits per heavy atom. The Labute approximate surface area is 215 Å². The molecule has 0 saturated heterocycles. The molecule has 0 radical (unpaired) electrons. The summed E-state index contributed by atoms with van der Waals surface area (Å²) in [6, 6.07) is 15.7. The second-order valence-corrected chi connectivity index (χ2v) is 10.3. The number of anilines is 1. The van der Waals surface area contributed by atoms with Crippen LogP contribution >= 0.6 is 27.5 Å². The molecule has 0 spiro atoms. The average molecular weight is 581 g/mol. The van der Waals surface area contributed by atoms with Crippen molar-refractivity contribution in [3.8, 4) is 17.2 Å². The van der Waals surface area contributed by atoms with Crippen LogP contribution in [0.5, 0.6) is 17.2 Å². The second-order valence-electron chi connectivity index (χ2n) is 7.16. The number of nitrogens with zero attached hydrogens (tertiary/aromatic N) is 2. The van der Waals surface area contributed by atoms with Crippen molar-refractivity contribution in [2.24, 2.45) is 5.10 Å². The molecular formula is C23H19BrClN3O6S. The van der Waals surface area contributed by atoms with Crippen LogP contribution in [0.3, 0.4) is 0 Å². The van der Waals surface area contributed by atoms with Gasteiger partial charge in [0.25, 0.3) is 15.9 Å². The second kappa shape index (κ2) is 10.5. The summed E-state index contributed by atoms with van der Waals surface area (Å²) in [6.45, 7) is -0.453. The molecule has 182 valence electrons. The number of benzene rings is 3. The molecule has 0 aliphatic carbocycles. The molecule has 1 heterocycles. The molecule has 0 bridgehead atoms. The highest BCUT2D eigenvalue weighted by Gasteiger charge is 2.29. The van der Waals surface area contributed by atoms with Crippen molar-refractivity contribution in [3.05, 3.63) is 75.7 Å². The number of hydrogen-bond donors (Lipinski definition) is 1. The molecule has 1 N–H and O–H groups in total. The minimum Gasteiger partial charge on any atom is -0.495 e. The van der Waals surface area contributed by atoms with Crippen molar-refractivity contribution in [2.75, 3.05) is 24.8 Å². The fourth-order valence-corrected chi connectivity index (χ4v) is 5.28. The number of methoxy groups -OCH3 is 1. The van der Waals surface area contributed by atoms with Gasteiger partial charge in [-0.1, -0.05) is 29.8 Å². The zero-order valence-electron chi connectivity index (χ0n) is 18.3. The lowest BCUT2D eigenvalue weighted by atomic mass is 10.2. The summed E-state index contributed by atoms with van der Waals surface area (Å²) in [5, 5.41) is 4.24. The van der Waals surface area contributed by atoms with Gasteiger partial charge < -0.3 is 14.2 Å². The van der Waals surface area contributed by atoms with E-state index in [2.05, 4.69) is 26.5 Å². The maximum Gasteiger partial charge on any atom is 0.264 e. The quantitative estimate of drug-likeness (QED) is 0.316. The highest BCUT2D eigenvalue weighted by Crippen LogP contribution is 2.36.